The summed E-state index contributed by atoms with van der Waals surface area (Å²) in [5.74, 6) is 0.815. The summed E-state index contributed by atoms with van der Waals surface area (Å²) < 4.78 is 21.3. The van der Waals surface area contributed by atoms with E-state index >= 15 is 0 Å². The molecule has 2 aromatic rings. The Labute approximate surface area is 157 Å². The van der Waals surface area contributed by atoms with Gasteiger partial charge >= 0.3 is 5.97 Å². The van der Waals surface area contributed by atoms with E-state index in [1.165, 1.54) is 6.92 Å². The molecule has 1 N–H and O–H groups in total. The van der Waals surface area contributed by atoms with Crippen LogP contribution in [0, 0.1) is 0 Å². The summed E-state index contributed by atoms with van der Waals surface area (Å²) in [7, 11) is 0. The Morgan fingerprint density at radius 3 is 2.41 bits per heavy atom. The van der Waals surface area contributed by atoms with Gasteiger partial charge in [0.1, 0.15) is 5.75 Å². The minimum atomic E-state index is -0.963. The van der Waals surface area contributed by atoms with Gasteiger partial charge in [0, 0.05) is 11.8 Å². The summed E-state index contributed by atoms with van der Waals surface area (Å²) in [6, 6.07) is 11.6. The molecule has 1 unspecified atom stereocenters. The Kier molecular flexibility index (Phi) is 5.49. The van der Waals surface area contributed by atoms with E-state index in [9.17, 15) is 9.59 Å². The number of fused-ring (bicyclic) bond motifs is 1. The third kappa shape index (κ3) is 4.69. The van der Waals surface area contributed by atoms with Crippen molar-refractivity contribution in [3.63, 3.8) is 0 Å². The summed E-state index contributed by atoms with van der Waals surface area (Å²) in [5.41, 5.74) is 0.871. The fourth-order valence-electron chi connectivity index (χ4n) is 2.44. The van der Waals surface area contributed by atoms with Gasteiger partial charge in [-0.3, -0.25) is 4.79 Å². The number of anilines is 1. The van der Waals surface area contributed by atoms with Crippen LogP contribution in [0.15, 0.2) is 42.5 Å². The SMILES string of the molecule is CC(C)Oc1ccc(C(=O)OC(C)C(=O)Nc2ccc3c(c2)OCO3)cc1. The average molecular weight is 371 g/mol. The number of carbonyl (C=O) groups is 2. The molecule has 27 heavy (non-hydrogen) atoms. The predicted octanol–water partition coefficient (Wildman–Crippen LogP) is 3.39. The molecule has 0 saturated carbocycles. The average Bonchev–Trinajstić information content (AvgIpc) is 3.09. The van der Waals surface area contributed by atoms with Crippen LogP contribution in [0.1, 0.15) is 31.1 Å². The maximum atomic E-state index is 12.3. The van der Waals surface area contributed by atoms with E-state index in [1.54, 1.807) is 42.5 Å². The summed E-state index contributed by atoms with van der Waals surface area (Å²) >= 11 is 0. The third-order valence-corrected chi connectivity index (χ3v) is 3.75. The lowest BCUT2D eigenvalue weighted by Crippen LogP contribution is -2.30. The van der Waals surface area contributed by atoms with E-state index in [0.29, 0.717) is 28.5 Å². The molecule has 3 rings (SSSR count). The van der Waals surface area contributed by atoms with E-state index in [4.69, 9.17) is 18.9 Å². The lowest BCUT2D eigenvalue weighted by molar-refractivity contribution is -0.123. The Bertz CT molecular complexity index is 831. The molecule has 1 heterocycles. The highest BCUT2D eigenvalue weighted by molar-refractivity contribution is 5.97. The van der Waals surface area contributed by atoms with Crippen molar-refractivity contribution in [1.82, 2.24) is 0 Å². The molecule has 7 nitrogen and oxygen atoms in total. The fourth-order valence-corrected chi connectivity index (χ4v) is 2.44. The van der Waals surface area contributed by atoms with Crippen LogP contribution in [0.25, 0.3) is 0 Å². The topological polar surface area (TPSA) is 83.1 Å². The zero-order valence-corrected chi connectivity index (χ0v) is 15.4. The van der Waals surface area contributed by atoms with Gasteiger partial charge < -0.3 is 24.3 Å². The van der Waals surface area contributed by atoms with Crippen molar-refractivity contribution in [2.75, 3.05) is 12.1 Å². The first-order valence-electron chi connectivity index (χ1n) is 8.60. The largest absolute Gasteiger partial charge is 0.491 e. The van der Waals surface area contributed by atoms with Crippen molar-refractivity contribution >= 4 is 17.6 Å². The second kappa shape index (κ2) is 7.99. The molecular formula is C20H21NO6. The first-order chi connectivity index (χ1) is 12.9. The first-order valence-corrected chi connectivity index (χ1v) is 8.60. The smallest absolute Gasteiger partial charge is 0.338 e. The van der Waals surface area contributed by atoms with Gasteiger partial charge in [0.15, 0.2) is 17.6 Å². The molecule has 142 valence electrons. The van der Waals surface area contributed by atoms with Crippen LogP contribution < -0.4 is 19.5 Å². The Morgan fingerprint density at radius 1 is 1.00 bits per heavy atom. The number of hydrogen-bond donors (Lipinski definition) is 1. The number of hydrogen-bond acceptors (Lipinski definition) is 6. The van der Waals surface area contributed by atoms with Crippen LogP contribution >= 0.6 is 0 Å². The summed E-state index contributed by atoms with van der Waals surface area (Å²) in [6.45, 7) is 5.50. The highest BCUT2D eigenvalue weighted by Crippen LogP contribution is 2.34. The van der Waals surface area contributed by atoms with Gasteiger partial charge in [0.2, 0.25) is 6.79 Å². The quantitative estimate of drug-likeness (QED) is 0.784. The molecule has 0 radical (unpaired) electrons. The molecule has 0 bridgehead atoms. The molecule has 1 aliphatic heterocycles. The molecule has 1 atom stereocenters. The molecule has 0 aliphatic carbocycles. The van der Waals surface area contributed by atoms with Crippen LogP contribution in [0.3, 0.4) is 0 Å². The maximum absolute atomic E-state index is 12.3. The third-order valence-electron chi connectivity index (χ3n) is 3.75. The van der Waals surface area contributed by atoms with Crippen LogP contribution in [0.2, 0.25) is 0 Å². The molecule has 1 amide bonds. The summed E-state index contributed by atoms with van der Waals surface area (Å²) in [5, 5.41) is 2.69. The van der Waals surface area contributed by atoms with E-state index in [0.717, 1.165) is 0 Å². The first kappa shape index (κ1) is 18.6. The lowest BCUT2D eigenvalue weighted by Gasteiger charge is -2.14. The van der Waals surface area contributed by atoms with Gasteiger partial charge in [0.25, 0.3) is 5.91 Å². The van der Waals surface area contributed by atoms with Crippen LogP contribution in [0.5, 0.6) is 17.2 Å². The predicted molar refractivity (Wildman–Crippen MR) is 98.3 cm³/mol. The van der Waals surface area contributed by atoms with Crippen LogP contribution in [0.4, 0.5) is 5.69 Å². The number of amides is 1. The lowest BCUT2D eigenvalue weighted by atomic mass is 10.2. The minimum Gasteiger partial charge on any atom is -0.491 e. The number of rotatable bonds is 6. The Hall–Kier alpha value is -3.22. The molecule has 0 fully saturated rings. The van der Waals surface area contributed by atoms with Crippen molar-refractivity contribution in [1.29, 1.82) is 0 Å². The van der Waals surface area contributed by atoms with Gasteiger partial charge in [0.05, 0.1) is 11.7 Å². The van der Waals surface area contributed by atoms with Gasteiger partial charge in [-0.25, -0.2) is 4.79 Å². The highest BCUT2D eigenvalue weighted by atomic mass is 16.7. The van der Waals surface area contributed by atoms with E-state index in [1.807, 2.05) is 13.8 Å². The molecule has 2 aromatic carbocycles. The van der Waals surface area contributed by atoms with E-state index in [-0.39, 0.29) is 12.9 Å². The van der Waals surface area contributed by atoms with E-state index in [2.05, 4.69) is 5.32 Å². The van der Waals surface area contributed by atoms with Gasteiger partial charge in [-0.2, -0.15) is 0 Å². The molecule has 1 aliphatic rings. The highest BCUT2D eigenvalue weighted by Gasteiger charge is 2.20. The van der Waals surface area contributed by atoms with Crippen molar-refractivity contribution in [2.45, 2.75) is 33.0 Å². The maximum Gasteiger partial charge on any atom is 0.338 e. The molecular weight excluding hydrogens is 350 g/mol. The van der Waals surface area contributed by atoms with Gasteiger partial charge in [-0.1, -0.05) is 0 Å². The van der Waals surface area contributed by atoms with Gasteiger partial charge in [-0.15, -0.1) is 0 Å². The normalized spacial score (nSPS) is 13.2. The number of ether oxygens (including phenoxy) is 4. The molecule has 0 aromatic heterocycles. The fraction of sp³-hybridized carbons (Fsp3) is 0.300. The second-order valence-corrected chi connectivity index (χ2v) is 6.30. The summed E-state index contributed by atoms with van der Waals surface area (Å²) in [4.78, 5) is 24.5. The van der Waals surface area contributed by atoms with Gasteiger partial charge in [-0.05, 0) is 57.2 Å². The Balaban J connectivity index is 1.56. The Morgan fingerprint density at radius 2 is 1.70 bits per heavy atom. The van der Waals surface area contributed by atoms with E-state index < -0.39 is 18.0 Å². The van der Waals surface area contributed by atoms with Crippen molar-refractivity contribution < 1.29 is 28.5 Å². The minimum absolute atomic E-state index is 0.0442. The number of esters is 1. The molecule has 7 heteroatoms. The van der Waals surface area contributed by atoms with Crippen molar-refractivity contribution in [3.05, 3.63) is 48.0 Å². The number of carbonyl (C=O) groups excluding carboxylic acids is 2. The standard InChI is InChI=1S/C20H21NO6/c1-12(2)26-16-7-4-14(5-8-16)20(23)27-13(3)19(22)21-15-6-9-17-18(10-15)25-11-24-17/h4-10,12-13H,11H2,1-3H3,(H,21,22). The van der Waals surface area contributed by atoms with Crippen LogP contribution in [-0.4, -0.2) is 30.9 Å². The monoisotopic (exact) mass is 371 g/mol. The zero-order chi connectivity index (χ0) is 19.4. The molecule has 0 saturated heterocycles. The second-order valence-electron chi connectivity index (χ2n) is 6.30. The van der Waals surface area contributed by atoms with Crippen molar-refractivity contribution in [3.8, 4) is 17.2 Å². The van der Waals surface area contributed by atoms with Crippen LogP contribution in [-0.2, 0) is 9.53 Å². The van der Waals surface area contributed by atoms with Crippen molar-refractivity contribution in [2.24, 2.45) is 0 Å². The molecule has 0 spiro atoms. The zero-order valence-electron chi connectivity index (χ0n) is 15.4. The number of nitrogens with one attached hydrogen (secondary N) is 1. The summed E-state index contributed by atoms with van der Waals surface area (Å²) in [6.07, 6.45) is -0.919. The number of benzene rings is 2.